The molecule has 2 heterocycles. The third-order valence-corrected chi connectivity index (χ3v) is 6.25. The van der Waals surface area contributed by atoms with Gasteiger partial charge < -0.3 is 15.1 Å². The molecule has 2 amide bonds. The summed E-state index contributed by atoms with van der Waals surface area (Å²) in [5.41, 5.74) is 7.57. The number of fused-ring (bicyclic) bond motifs is 3. The standard InChI is InChI=1S/C24H27N7O2/c1-29(2)28-24(33)25-18-6-4-5-17-19(18)23(32)20-21(26-27-22(17)20)15-7-9-16(10-8-15)31-13-11-30(3)12-14-31/h4-10,22H,11-14H2,1-3H3,(H2,25,28,33). The molecule has 2 aromatic rings. The van der Waals surface area contributed by atoms with E-state index in [9.17, 15) is 9.59 Å². The summed E-state index contributed by atoms with van der Waals surface area (Å²) in [4.78, 5) is 30.4. The maximum atomic E-state index is 13.5. The van der Waals surface area contributed by atoms with Crippen molar-refractivity contribution in [1.82, 2.24) is 15.3 Å². The number of benzene rings is 2. The highest BCUT2D eigenvalue weighted by Gasteiger charge is 2.42. The number of nitrogens with one attached hydrogen (secondary N) is 2. The Morgan fingerprint density at radius 2 is 1.79 bits per heavy atom. The zero-order chi connectivity index (χ0) is 23.1. The van der Waals surface area contributed by atoms with E-state index in [1.165, 1.54) is 10.7 Å². The fraction of sp³-hybridized carbons (Fsp3) is 0.333. The van der Waals surface area contributed by atoms with Gasteiger partial charge in [-0.2, -0.15) is 10.2 Å². The van der Waals surface area contributed by atoms with E-state index in [2.05, 4.69) is 50.0 Å². The second-order valence-electron chi connectivity index (χ2n) is 8.78. The Labute approximate surface area is 192 Å². The molecule has 0 saturated carbocycles. The Kier molecular flexibility index (Phi) is 5.43. The molecule has 9 nitrogen and oxygen atoms in total. The average Bonchev–Trinajstić information content (AvgIpc) is 3.34. The van der Waals surface area contributed by atoms with Crippen molar-refractivity contribution >= 4 is 28.9 Å². The Bertz CT molecular complexity index is 1160. The van der Waals surface area contributed by atoms with Crippen LogP contribution in [0.25, 0.3) is 5.70 Å². The van der Waals surface area contributed by atoms with E-state index in [-0.39, 0.29) is 5.78 Å². The van der Waals surface area contributed by atoms with E-state index in [4.69, 9.17) is 0 Å². The highest BCUT2D eigenvalue weighted by Crippen LogP contribution is 2.49. The molecule has 1 fully saturated rings. The first kappa shape index (κ1) is 21.3. The summed E-state index contributed by atoms with van der Waals surface area (Å²) in [6.07, 6.45) is 0. The molecule has 1 unspecified atom stereocenters. The molecule has 5 rings (SSSR count). The first-order chi connectivity index (χ1) is 15.9. The molecule has 170 valence electrons. The fourth-order valence-corrected chi connectivity index (χ4v) is 4.56. The van der Waals surface area contributed by atoms with Crippen molar-refractivity contribution in [3.8, 4) is 0 Å². The lowest BCUT2D eigenvalue weighted by Gasteiger charge is -2.34. The van der Waals surface area contributed by atoms with E-state index in [0.717, 1.165) is 37.3 Å². The summed E-state index contributed by atoms with van der Waals surface area (Å²) < 4.78 is 0. The van der Waals surface area contributed by atoms with Gasteiger partial charge in [-0.05, 0) is 30.8 Å². The van der Waals surface area contributed by atoms with Crippen LogP contribution in [0, 0.1) is 0 Å². The van der Waals surface area contributed by atoms with E-state index < -0.39 is 12.1 Å². The minimum atomic E-state index is -0.432. The van der Waals surface area contributed by atoms with Gasteiger partial charge in [-0.25, -0.2) is 9.80 Å². The van der Waals surface area contributed by atoms with Crippen LogP contribution in [-0.4, -0.2) is 69.0 Å². The van der Waals surface area contributed by atoms with Crippen LogP contribution in [0.2, 0.25) is 0 Å². The number of hydrogen-bond acceptors (Lipinski definition) is 7. The predicted octanol–water partition coefficient (Wildman–Crippen LogP) is 3.15. The van der Waals surface area contributed by atoms with Crippen LogP contribution in [0.1, 0.15) is 27.5 Å². The Morgan fingerprint density at radius 3 is 2.48 bits per heavy atom. The summed E-state index contributed by atoms with van der Waals surface area (Å²) in [5.74, 6) is -0.140. The number of urea groups is 1. The van der Waals surface area contributed by atoms with E-state index in [0.29, 0.717) is 22.5 Å². The van der Waals surface area contributed by atoms with Crippen LogP contribution >= 0.6 is 0 Å². The van der Waals surface area contributed by atoms with Gasteiger partial charge in [-0.3, -0.25) is 10.2 Å². The van der Waals surface area contributed by atoms with E-state index in [1.54, 1.807) is 20.2 Å². The van der Waals surface area contributed by atoms with Crippen LogP contribution in [0.5, 0.6) is 0 Å². The number of ketones is 1. The number of hydrogen-bond donors (Lipinski definition) is 2. The lowest BCUT2D eigenvalue weighted by molar-refractivity contribution is 0.103. The average molecular weight is 446 g/mol. The van der Waals surface area contributed by atoms with Crippen molar-refractivity contribution in [2.45, 2.75) is 6.04 Å². The number of likely N-dealkylation sites (N-methyl/N-ethyl adjacent to an activating group) is 1. The minimum Gasteiger partial charge on any atom is -0.369 e. The van der Waals surface area contributed by atoms with Crippen molar-refractivity contribution in [3.05, 3.63) is 64.7 Å². The number of piperazine rings is 1. The Balaban J connectivity index is 1.42. The Morgan fingerprint density at radius 1 is 1.06 bits per heavy atom. The largest absolute Gasteiger partial charge is 0.369 e. The van der Waals surface area contributed by atoms with Crippen LogP contribution in [0.4, 0.5) is 16.2 Å². The highest BCUT2D eigenvalue weighted by molar-refractivity contribution is 6.22. The van der Waals surface area contributed by atoms with Crippen molar-refractivity contribution in [2.75, 3.05) is 57.5 Å². The van der Waals surface area contributed by atoms with Crippen molar-refractivity contribution in [3.63, 3.8) is 0 Å². The maximum absolute atomic E-state index is 13.5. The zero-order valence-electron chi connectivity index (χ0n) is 19.0. The van der Waals surface area contributed by atoms with E-state index >= 15 is 0 Å². The van der Waals surface area contributed by atoms with Crippen LogP contribution in [0.3, 0.4) is 0 Å². The topological polar surface area (TPSA) is 92.6 Å². The molecule has 33 heavy (non-hydrogen) atoms. The predicted molar refractivity (Wildman–Crippen MR) is 127 cm³/mol. The molecule has 0 aromatic heterocycles. The zero-order valence-corrected chi connectivity index (χ0v) is 19.0. The molecule has 3 aliphatic rings. The van der Waals surface area contributed by atoms with Gasteiger partial charge in [-0.1, -0.05) is 24.3 Å². The molecule has 0 spiro atoms. The van der Waals surface area contributed by atoms with Gasteiger partial charge in [0.15, 0.2) is 5.78 Å². The van der Waals surface area contributed by atoms with Crippen LogP contribution in [-0.2, 0) is 0 Å². The minimum absolute atomic E-state index is 0.140. The van der Waals surface area contributed by atoms with Crippen molar-refractivity contribution < 1.29 is 9.59 Å². The number of azo groups is 1. The van der Waals surface area contributed by atoms with E-state index in [1.807, 2.05) is 24.3 Å². The van der Waals surface area contributed by atoms with Crippen LogP contribution < -0.4 is 15.6 Å². The summed E-state index contributed by atoms with van der Waals surface area (Å²) >= 11 is 0. The number of carbonyl (C=O) groups is 2. The van der Waals surface area contributed by atoms with Gasteiger partial charge in [0.25, 0.3) is 0 Å². The molecule has 0 radical (unpaired) electrons. The molecule has 2 N–H and O–H groups in total. The third-order valence-electron chi connectivity index (χ3n) is 6.25. The molecule has 0 bridgehead atoms. The summed E-state index contributed by atoms with van der Waals surface area (Å²) in [7, 11) is 5.58. The molecular weight excluding hydrogens is 418 g/mol. The normalized spacial score (nSPS) is 19.8. The number of carbonyl (C=O) groups excluding carboxylic acids is 2. The molecule has 1 aliphatic carbocycles. The summed E-state index contributed by atoms with van der Waals surface area (Å²) in [5, 5.41) is 13.1. The third kappa shape index (κ3) is 3.90. The fourth-order valence-electron chi connectivity index (χ4n) is 4.56. The number of Topliss-reactive ketones (excluding diaryl/α,β-unsaturated/α-hetero) is 1. The maximum Gasteiger partial charge on any atom is 0.333 e. The number of nitrogens with zero attached hydrogens (tertiary/aromatic N) is 5. The molecule has 2 aromatic carbocycles. The van der Waals surface area contributed by atoms with Crippen molar-refractivity contribution in [2.24, 2.45) is 10.2 Å². The lowest BCUT2D eigenvalue weighted by Crippen LogP contribution is -2.44. The second-order valence-corrected chi connectivity index (χ2v) is 8.78. The molecule has 1 atom stereocenters. The number of hydrazine groups is 1. The first-order valence-corrected chi connectivity index (χ1v) is 11.0. The number of rotatable bonds is 4. The number of amides is 2. The highest BCUT2D eigenvalue weighted by atomic mass is 16.2. The summed E-state index contributed by atoms with van der Waals surface area (Å²) in [6, 6.07) is 12.8. The quantitative estimate of drug-likeness (QED) is 0.706. The van der Waals surface area contributed by atoms with Gasteiger partial charge >= 0.3 is 6.03 Å². The second kappa shape index (κ2) is 8.42. The van der Waals surface area contributed by atoms with Gasteiger partial charge in [0.2, 0.25) is 0 Å². The number of anilines is 2. The van der Waals surface area contributed by atoms with Gasteiger partial charge in [0.05, 0.1) is 16.8 Å². The summed E-state index contributed by atoms with van der Waals surface area (Å²) in [6.45, 7) is 4.08. The van der Waals surface area contributed by atoms with Crippen molar-refractivity contribution in [1.29, 1.82) is 0 Å². The Hall–Kier alpha value is -3.56. The molecule has 2 aliphatic heterocycles. The van der Waals surface area contributed by atoms with Gasteiger partial charge in [-0.15, -0.1) is 0 Å². The molecular formula is C24H27N7O2. The first-order valence-electron chi connectivity index (χ1n) is 11.0. The van der Waals surface area contributed by atoms with Crippen LogP contribution in [0.15, 0.2) is 58.3 Å². The molecule has 9 heteroatoms. The van der Waals surface area contributed by atoms with Gasteiger partial charge in [0.1, 0.15) is 11.7 Å². The SMILES string of the molecule is CN1CCN(c2ccc(C3=C4C(=O)c5c(NC(=O)NN(C)C)cccc5C4N=N3)cc2)CC1. The monoisotopic (exact) mass is 445 g/mol. The lowest BCUT2D eigenvalue weighted by atomic mass is 10.0. The smallest absolute Gasteiger partial charge is 0.333 e. The molecule has 1 saturated heterocycles. The van der Waals surface area contributed by atoms with Gasteiger partial charge in [0, 0.05) is 51.5 Å².